The number of imide groups is 1. The van der Waals surface area contributed by atoms with Gasteiger partial charge in [0.15, 0.2) is 0 Å². The fourth-order valence-corrected chi connectivity index (χ4v) is 5.15. The van der Waals surface area contributed by atoms with E-state index in [-0.39, 0.29) is 41.2 Å². The van der Waals surface area contributed by atoms with Gasteiger partial charge < -0.3 is 19.8 Å². The van der Waals surface area contributed by atoms with E-state index in [9.17, 15) is 18.9 Å². The maximum absolute atomic E-state index is 13.3. The number of aromatic amines is 1. The lowest BCUT2D eigenvalue weighted by Crippen LogP contribution is -2.25. The predicted octanol–water partition coefficient (Wildman–Crippen LogP) is 1.68. The molecule has 4 rings (SSSR count). The molecule has 0 saturated carbocycles. The number of H-pyrrole nitrogens is 1. The van der Waals surface area contributed by atoms with E-state index in [1.54, 1.807) is 32.2 Å². The van der Waals surface area contributed by atoms with Gasteiger partial charge in [0.2, 0.25) is 0 Å². The molecule has 0 spiro atoms. The van der Waals surface area contributed by atoms with Gasteiger partial charge in [0.1, 0.15) is 5.82 Å². The van der Waals surface area contributed by atoms with Crippen LogP contribution in [0.25, 0.3) is 16.6 Å². The van der Waals surface area contributed by atoms with Crippen LogP contribution >= 0.6 is 7.60 Å². The minimum atomic E-state index is -3.68. The summed E-state index contributed by atoms with van der Waals surface area (Å²) in [4.78, 5) is 40.0. The lowest BCUT2D eigenvalue weighted by atomic mass is 10.1. The molecule has 4 N–H and O–H groups in total. The van der Waals surface area contributed by atoms with Crippen molar-refractivity contribution in [2.75, 3.05) is 18.9 Å². The fourth-order valence-electron chi connectivity index (χ4n) is 3.53. The third kappa shape index (κ3) is 2.97. The van der Waals surface area contributed by atoms with E-state index < -0.39 is 25.0 Å². The second kappa shape index (κ2) is 7.24. The van der Waals surface area contributed by atoms with E-state index in [0.717, 1.165) is 10.6 Å². The summed E-state index contributed by atoms with van der Waals surface area (Å²) < 4.78 is 25.3. The highest BCUT2D eigenvalue weighted by molar-refractivity contribution is 7.62. The molecule has 2 aromatic heterocycles. The number of rotatable bonds is 6. The Bertz CT molecular complexity index is 1300. The van der Waals surface area contributed by atoms with Crippen LogP contribution in [0.15, 0.2) is 35.3 Å². The van der Waals surface area contributed by atoms with E-state index in [0.29, 0.717) is 10.9 Å². The summed E-state index contributed by atoms with van der Waals surface area (Å²) in [7, 11) is -3.68. The Labute approximate surface area is 170 Å². The van der Waals surface area contributed by atoms with Gasteiger partial charge in [-0.15, -0.1) is 0 Å². The number of nitrogen functional groups attached to an aromatic ring is 1. The number of carbonyl (C=O) groups excluding carboxylic acids is 2. The molecule has 0 bridgehead atoms. The number of hydrogen-bond acceptors (Lipinski definition) is 7. The van der Waals surface area contributed by atoms with Gasteiger partial charge in [-0.2, -0.15) is 0 Å². The van der Waals surface area contributed by atoms with Crippen molar-refractivity contribution in [1.82, 2.24) is 14.9 Å². The molecule has 1 aromatic carbocycles. The van der Waals surface area contributed by atoms with Crippen molar-refractivity contribution in [3.8, 4) is 5.69 Å². The predicted molar refractivity (Wildman–Crippen MR) is 111 cm³/mol. The molecule has 0 aliphatic carbocycles. The first-order valence-corrected chi connectivity index (χ1v) is 10.8. The first-order valence-electron chi connectivity index (χ1n) is 9.23. The Morgan fingerprint density at radius 2 is 1.77 bits per heavy atom. The number of fused-ring (bicyclic) bond motifs is 2. The second-order valence-electron chi connectivity index (χ2n) is 6.51. The molecule has 0 unspecified atom stereocenters. The largest absolute Gasteiger partial charge is 0.384 e. The number of pyridine rings is 1. The molecule has 0 saturated heterocycles. The van der Waals surface area contributed by atoms with Crippen LogP contribution < -0.4 is 21.9 Å². The highest BCUT2D eigenvalue weighted by Gasteiger charge is 2.33. The van der Waals surface area contributed by atoms with Gasteiger partial charge in [0, 0.05) is 23.2 Å². The maximum Gasteiger partial charge on any atom is 0.361 e. The van der Waals surface area contributed by atoms with Crippen LogP contribution in [0.5, 0.6) is 0 Å². The summed E-state index contributed by atoms with van der Waals surface area (Å²) in [5.74, 6) is -1.55. The van der Waals surface area contributed by atoms with Crippen molar-refractivity contribution in [3.63, 3.8) is 0 Å². The van der Waals surface area contributed by atoms with Crippen LogP contribution in [-0.2, 0) is 13.6 Å². The number of amides is 2. The van der Waals surface area contributed by atoms with Gasteiger partial charge in [0.05, 0.1) is 35.3 Å². The summed E-state index contributed by atoms with van der Waals surface area (Å²) in [5.41, 5.74) is 6.24. The number of benzene rings is 1. The standard InChI is InChI=1S/C19H19N4O6P/c1-3-28-30(27,29-4-2)10-7-13-11(5-6-21-13)14(8-10)23-15(24)9-12-16(17(23)20)19(26)22-18(12)25/h5-9,21H,3-4,20H2,1-2H3,(H,22,25,26). The summed E-state index contributed by atoms with van der Waals surface area (Å²) >= 11 is 0. The molecule has 2 amide bonds. The number of aromatic nitrogens is 2. The van der Waals surface area contributed by atoms with Crippen molar-refractivity contribution in [2.45, 2.75) is 13.8 Å². The van der Waals surface area contributed by atoms with Crippen molar-refractivity contribution in [1.29, 1.82) is 0 Å². The Hall–Kier alpha value is -3.20. The second-order valence-corrected chi connectivity index (χ2v) is 8.54. The van der Waals surface area contributed by atoms with Gasteiger partial charge in [-0.3, -0.25) is 28.8 Å². The molecular weight excluding hydrogens is 411 g/mol. The number of carbonyl (C=O) groups is 2. The third-order valence-corrected chi connectivity index (χ3v) is 6.83. The van der Waals surface area contributed by atoms with Crippen LogP contribution in [0.3, 0.4) is 0 Å². The van der Waals surface area contributed by atoms with Crippen LogP contribution in [0.4, 0.5) is 5.82 Å². The molecule has 0 radical (unpaired) electrons. The molecule has 3 aromatic rings. The van der Waals surface area contributed by atoms with E-state index in [2.05, 4.69) is 10.3 Å². The quantitative estimate of drug-likeness (QED) is 0.398. The molecular formula is C19H19N4O6P. The molecule has 3 heterocycles. The molecule has 10 nitrogen and oxygen atoms in total. The topological polar surface area (TPSA) is 146 Å². The van der Waals surface area contributed by atoms with Crippen LogP contribution in [0.2, 0.25) is 0 Å². The zero-order chi connectivity index (χ0) is 21.6. The SMILES string of the molecule is CCOP(=O)(OCC)c1cc(-n2c(N)c3c(cc2=O)C(=O)NC3=O)c2cc[nH]c2c1. The van der Waals surface area contributed by atoms with Crippen molar-refractivity contribution in [2.24, 2.45) is 0 Å². The van der Waals surface area contributed by atoms with Gasteiger partial charge in [-0.1, -0.05) is 0 Å². The van der Waals surface area contributed by atoms with Gasteiger partial charge in [-0.05, 0) is 32.0 Å². The third-order valence-electron chi connectivity index (χ3n) is 4.74. The van der Waals surface area contributed by atoms with Crippen LogP contribution in [0.1, 0.15) is 34.6 Å². The number of nitrogens with two attached hydrogens (primary N) is 1. The summed E-state index contributed by atoms with van der Waals surface area (Å²) in [5, 5.41) is 2.95. The van der Waals surface area contributed by atoms with E-state index in [1.165, 1.54) is 6.07 Å². The number of anilines is 1. The Morgan fingerprint density at radius 3 is 2.43 bits per heavy atom. The highest BCUT2D eigenvalue weighted by Crippen LogP contribution is 2.47. The highest BCUT2D eigenvalue weighted by atomic mass is 31.2. The van der Waals surface area contributed by atoms with Crippen molar-refractivity contribution < 1.29 is 23.2 Å². The Kier molecular flexibility index (Phi) is 4.85. The smallest absolute Gasteiger partial charge is 0.361 e. The van der Waals surface area contributed by atoms with E-state index in [1.807, 2.05) is 0 Å². The molecule has 30 heavy (non-hydrogen) atoms. The van der Waals surface area contributed by atoms with Gasteiger partial charge >= 0.3 is 7.60 Å². The average molecular weight is 430 g/mol. The zero-order valence-electron chi connectivity index (χ0n) is 16.2. The van der Waals surface area contributed by atoms with Crippen LogP contribution in [-0.4, -0.2) is 34.6 Å². The minimum Gasteiger partial charge on any atom is -0.384 e. The lowest BCUT2D eigenvalue weighted by Gasteiger charge is -2.19. The number of nitrogens with one attached hydrogen (secondary N) is 2. The zero-order valence-corrected chi connectivity index (χ0v) is 17.1. The maximum atomic E-state index is 13.3. The van der Waals surface area contributed by atoms with Crippen molar-refractivity contribution in [3.05, 3.63) is 51.9 Å². The number of nitrogens with zero attached hydrogens (tertiary/aromatic N) is 1. The Balaban J connectivity index is 2.04. The van der Waals surface area contributed by atoms with E-state index in [4.69, 9.17) is 14.8 Å². The first kappa shape index (κ1) is 20.1. The monoisotopic (exact) mass is 430 g/mol. The molecule has 0 fully saturated rings. The summed E-state index contributed by atoms with van der Waals surface area (Å²) in [6, 6.07) is 5.88. The molecule has 1 aliphatic rings. The minimum absolute atomic E-state index is 0.0745. The fraction of sp³-hybridized carbons (Fsp3) is 0.211. The Morgan fingerprint density at radius 1 is 1.07 bits per heavy atom. The van der Waals surface area contributed by atoms with E-state index >= 15 is 0 Å². The molecule has 1 aliphatic heterocycles. The molecule has 11 heteroatoms. The van der Waals surface area contributed by atoms with Crippen molar-refractivity contribution >= 4 is 41.4 Å². The van der Waals surface area contributed by atoms with Gasteiger partial charge in [-0.25, -0.2) is 0 Å². The number of hydrogen-bond donors (Lipinski definition) is 3. The molecule has 156 valence electrons. The average Bonchev–Trinajstić information content (AvgIpc) is 3.26. The summed E-state index contributed by atoms with van der Waals surface area (Å²) in [6.45, 7) is 3.69. The normalized spacial score (nSPS) is 13.7. The molecule has 0 atom stereocenters. The summed E-state index contributed by atoms with van der Waals surface area (Å²) in [6.07, 6.45) is 1.65. The van der Waals surface area contributed by atoms with Gasteiger partial charge in [0.25, 0.3) is 17.4 Å². The first-order chi connectivity index (χ1) is 14.3. The lowest BCUT2D eigenvalue weighted by molar-refractivity contribution is 0.0879. The van der Waals surface area contributed by atoms with Crippen LogP contribution in [0, 0.1) is 0 Å².